The second-order valence-electron chi connectivity index (χ2n) is 6.14. The number of nitrogens with zero attached hydrogens (tertiary/aromatic N) is 6. The zero-order valence-electron chi connectivity index (χ0n) is 14.2. The lowest BCUT2D eigenvalue weighted by molar-refractivity contribution is 0.636. The van der Waals surface area contributed by atoms with Crippen molar-refractivity contribution in [2.45, 2.75) is 6.92 Å². The van der Waals surface area contributed by atoms with E-state index in [-0.39, 0.29) is 0 Å². The molecule has 1 fully saturated rings. The molecule has 0 atom stereocenters. The maximum absolute atomic E-state index is 4.51. The fourth-order valence-corrected chi connectivity index (χ4v) is 3.16. The van der Waals surface area contributed by atoms with Crippen molar-refractivity contribution in [2.24, 2.45) is 0 Å². The average Bonchev–Trinajstić information content (AvgIpc) is 2.69. The van der Waals surface area contributed by atoms with Gasteiger partial charge in [-0.25, -0.2) is 9.97 Å². The minimum Gasteiger partial charge on any atom is -0.353 e. The highest BCUT2D eigenvalue weighted by atomic mass is 15.3. The Morgan fingerprint density at radius 1 is 0.880 bits per heavy atom. The maximum atomic E-state index is 4.51. The first-order chi connectivity index (χ1) is 12.3. The van der Waals surface area contributed by atoms with Gasteiger partial charge in [-0.05, 0) is 24.6 Å². The Kier molecular flexibility index (Phi) is 4.24. The molecular formula is C19H20N6. The van der Waals surface area contributed by atoms with Crippen LogP contribution in [0.3, 0.4) is 0 Å². The van der Waals surface area contributed by atoms with Crippen LogP contribution in [-0.4, -0.2) is 46.3 Å². The van der Waals surface area contributed by atoms with Crippen molar-refractivity contribution in [2.75, 3.05) is 36.0 Å². The molecular weight excluding hydrogens is 312 g/mol. The average molecular weight is 332 g/mol. The number of benzene rings is 1. The fourth-order valence-electron chi connectivity index (χ4n) is 3.16. The third-order valence-electron chi connectivity index (χ3n) is 4.50. The highest BCUT2D eigenvalue weighted by Gasteiger charge is 2.21. The minimum absolute atomic E-state index is 0.907. The third-order valence-corrected chi connectivity index (χ3v) is 4.50. The van der Waals surface area contributed by atoms with Crippen LogP contribution in [0.25, 0.3) is 11.3 Å². The lowest BCUT2D eigenvalue weighted by atomic mass is 10.1. The second kappa shape index (κ2) is 6.84. The van der Waals surface area contributed by atoms with E-state index in [2.05, 4.69) is 55.1 Å². The van der Waals surface area contributed by atoms with Gasteiger partial charge in [0.2, 0.25) is 0 Å². The molecule has 0 bridgehead atoms. The van der Waals surface area contributed by atoms with Crippen LogP contribution in [0.5, 0.6) is 0 Å². The van der Waals surface area contributed by atoms with Crippen LogP contribution in [0, 0.1) is 6.92 Å². The quantitative estimate of drug-likeness (QED) is 0.735. The zero-order valence-corrected chi connectivity index (χ0v) is 14.2. The van der Waals surface area contributed by atoms with Crippen molar-refractivity contribution in [1.29, 1.82) is 0 Å². The van der Waals surface area contributed by atoms with Crippen molar-refractivity contribution in [3.63, 3.8) is 0 Å². The molecule has 25 heavy (non-hydrogen) atoms. The first-order valence-electron chi connectivity index (χ1n) is 8.47. The number of piperazine rings is 1. The van der Waals surface area contributed by atoms with Gasteiger partial charge in [-0.15, -0.1) is 10.2 Å². The SMILES string of the molecule is Cc1cc(-c2ccccc2)nnc1N1CCN(c2ccncn2)CC1. The molecule has 1 aromatic carbocycles. The zero-order chi connectivity index (χ0) is 17.1. The number of hydrogen-bond acceptors (Lipinski definition) is 6. The van der Waals surface area contributed by atoms with E-state index in [1.807, 2.05) is 24.3 Å². The summed E-state index contributed by atoms with van der Waals surface area (Å²) in [5.74, 6) is 1.96. The summed E-state index contributed by atoms with van der Waals surface area (Å²) in [6, 6.07) is 14.2. The van der Waals surface area contributed by atoms with Crippen molar-refractivity contribution in [1.82, 2.24) is 20.2 Å². The Morgan fingerprint density at radius 2 is 1.64 bits per heavy atom. The molecule has 2 aromatic heterocycles. The van der Waals surface area contributed by atoms with Crippen LogP contribution in [0.15, 0.2) is 55.0 Å². The number of anilines is 2. The van der Waals surface area contributed by atoms with E-state index in [9.17, 15) is 0 Å². The molecule has 1 aliphatic heterocycles. The predicted molar refractivity (Wildman–Crippen MR) is 98.7 cm³/mol. The largest absolute Gasteiger partial charge is 0.353 e. The Labute approximate surface area is 147 Å². The highest BCUT2D eigenvalue weighted by molar-refractivity contribution is 5.62. The molecule has 0 N–H and O–H groups in total. The van der Waals surface area contributed by atoms with Crippen LogP contribution < -0.4 is 9.80 Å². The third kappa shape index (κ3) is 3.28. The highest BCUT2D eigenvalue weighted by Crippen LogP contribution is 2.24. The summed E-state index contributed by atoms with van der Waals surface area (Å²) in [7, 11) is 0. The normalized spacial score (nSPS) is 14.6. The van der Waals surface area contributed by atoms with E-state index in [0.717, 1.165) is 54.6 Å². The Balaban J connectivity index is 1.48. The van der Waals surface area contributed by atoms with Crippen LogP contribution in [-0.2, 0) is 0 Å². The molecule has 4 rings (SSSR count). The summed E-state index contributed by atoms with van der Waals surface area (Å²) in [5.41, 5.74) is 3.17. The maximum Gasteiger partial charge on any atom is 0.154 e. The molecule has 1 aliphatic rings. The van der Waals surface area contributed by atoms with E-state index in [1.54, 1.807) is 12.5 Å². The van der Waals surface area contributed by atoms with Crippen molar-refractivity contribution in [3.8, 4) is 11.3 Å². The van der Waals surface area contributed by atoms with Crippen molar-refractivity contribution >= 4 is 11.6 Å². The summed E-state index contributed by atoms with van der Waals surface area (Å²) in [6.07, 6.45) is 3.38. The van der Waals surface area contributed by atoms with Gasteiger partial charge in [0.25, 0.3) is 0 Å². The monoisotopic (exact) mass is 332 g/mol. The van der Waals surface area contributed by atoms with Gasteiger partial charge < -0.3 is 9.80 Å². The van der Waals surface area contributed by atoms with Crippen molar-refractivity contribution in [3.05, 3.63) is 60.6 Å². The molecule has 3 heterocycles. The first kappa shape index (κ1) is 15.5. The molecule has 126 valence electrons. The van der Waals surface area contributed by atoms with Crippen LogP contribution in [0.4, 0.5) is 11.6 Å². The van der Waals surface area contributed by atoms with Gasteiger partial charge >= 0.3 is 0 Å². The van der Waals surface area contributed by atoms with Gasteiger partial charge in [0.15, 0.2) is 5.82 Å². The molecule has 6 nitrogen and oxygen atoms in total. The van der Waals surface area contributed by atoms with Crippen LogP contribution >= 0.6 is 0 Å². The summed E-state index contributed by atoms with van der Waals surface area (Å²) < 4.78 is 0. The lowest BCUT2D eigenvalue weighted by Crippen LogP contribution is -2.47. The molecule has 0 amide bonds. The summed E-state index contributed by atoms with van der Waals surface area (Å²) >= 11 is 0. The molecule has 0 radical (unpaired) electrons. The molecule has 0 saturated carbocycles. The predicted octanol–water partition coefficient (Wildman–Crippen LogP) is 2.57. The molecule has 0 unspecified atom stereocenters. The van der Waals surface area contributed by atoms with Gasteiger partial charge in [-0.3, -0.25) is 0 Å². The van der Waals surface area contributed by atoms with Gasteiger partial charge in [-0.2, -0.15) is 0 Å². The standard InChI is InChI=1S/C19H20N6/c1-15-13-17(16-5-3-2-4-6-16)22-23-19(15)25-11-9-24(10-12-25)18-7-8-20-14-21-18/h2-8,13-14H,9-12H2,1H3. The second-order valence-corrected chi connectivity index (χ2v) is 6.14. The van der Waals surface area contributed by atoms with Crippen molar-refractivity contribution < 1.29 is 0 Å². The van der Waals surface area contributed by atoms with Gasteiger partial charge in [0.1, 0.15) is 12.1 Å². The van der Waals surface area contributed by atoms with E-state index in [1.165, 1.54) is 0 Å². The Bertz CT molecular complexity index is 829. The van der Waals surface area contributed by atoms with Crippen LogP contribution in [0.2, 0.25) is 0 Å². The molecule has 3 aromatic rings. The lowest BCUT2D eigenvalue weighted by Gasteiger charge is -2.36. The molecule has 0 aliphatic carbocycles. The van der Waals surface area contributed by atoms with Gasteiger partial charge in [-0.1, -0.05) is 30.3 Å². The topological polar surface area (TPSA) is 58.0 Å². The number of aromatic nitrogens is 4. The smallest absolute Gasteiger partial charge is 0.154 e. The molecule has 6 heteroatoms. The summed E-state index contributed by atoms with van der Waals surface area (Å²) in [5, 5.41) is 8.94. The minimum atomic E-state index is 0.907. The fraction of sp³-hybridized carbons (Fsp3) is 0.263. The van der Waals surface area contributed by atoms with E-state index in [0.29, 0.717) is 0 Å². The Morgan fingerprint density at radius 3 is 2.32 bits per heavy atom. The molecule has 0 spiro atoms. The first-order valence-corrected chi connectivity index (χ1v) is 8.47. The van der Waals surface area contributed by atoms with Gasteiger partial charge in [0, 0.05) is 37.9 Å². The molecule has 1 saturated heterocycles. The number of hydrogen-bond donors (Lipinski definition) is 0. The summed E-state index contributed by atoms with van der Waals surface area (Å²) in [4.78, 5) is 12.9. The van der Waals surface area contributed by atoms with E-state index >= 15 is 0 Å². The van der Waals surface area contributed by atoms with E-state index < -0.39 is 0 Å². The number of rotatable bonds is 3. The van der Waals surface area contributed by atoms with Gasteiger partial charge in [0.05, 0.1) is 5.69 Å². The number of aryl methyl sites for hydroxylation is 1. The van der Waals surface area contributed by atoms with Crippen LogP contribution in [0.1, 0.15) is 5.56 Å². The van der Waals surface area contributed by atoms with E-state index in [4.69, 9.17) is 0 Å². The summed E-state index contributed by atoms with van der Waals surface area (Å²) in [6.45, 7) is 5.75. The Hall–Kier alpha value is -3.02.